The number of hydrogen-bond acceptors (Lipinski definition) is 4. The zero-order valence-electron chi connectivity index (χ0n) is 13.0. The lowest BCUT2D eigenvalue weighted by atomic mass is 10.1. The summed E-state index contributed by atoms with van der Waals surface area (Å²) in [6.07, 6.45) is 4.77. The van der Waals surface area contributed by atoms with Gasteiger partial charge in [0.15, 0.2) is 5.78 Å². The molecule has 3 N–H and O–H groups in total. The number of hydrazine groups is 1. The highest BCUT2D eigenvalue weighted by Gasteiger charge is 2.10. The monoisotopic (exact) mass is 380 g/mol. The predicted octanol–water partition coefficient (Wildman–Crippen LogP) is 4.18. The number of carbonyl (C=O) groups is 1. The lowest BCUT2D eigenvalue weighted by Gasteiger charge is -2.02. The predicted molar refractivity (Wildman–Crippen MR) is 97.2 cm³/mol. The number of nitrogens with zero attached hydrogens (tertiary/aromatic N) is 2. The van der Waals surface area contributed by atoms with Gasteiger partial charge in [-0.15, -0.1) is 0 Å². The summed E-state index contributed by atoms with van der Waals surface area (Å²) in [4.78, 5) is 15.5. The lowest BCUT2D eigenvalue weighted by Crippen LogP contribution is -2.10. The van der Waals surface area contributed by atoms with Crippen LogP contribution in [-0.4, -0.2) is 15.3 Å². The van der Waals surface area contributed by atoms with Gasteiger partial charge in [0.25, 0.3) is 0 Å². The van der Waals surface area contributed by atoms with Gasteiger partial charge in [-0.25, -0.2) is 9.37 Å². The highest BCUT2D eigenvalue weighted by atomic mass is 35.5. The summed E-state index contributed by atoms with van der Waals surface area (Å²) in [7, 11) is 0. The second-order valence-corrected chi connectivity index (χ2v) is 5.67. The van der Waals surface area contributed by atoms with Crippen LogP contribution in [-0.2, 0) is 6.54 Å². The Bertz CT molecular complexity index is 840. The molecule has 0 fully saturated rings. The average molecular weight is 381 g/mol. The molecule has 0 aliphatic heterocycles. The van der Waals surface area contributed by atoms with Gasteiger partial charge in [-0.3, -0.25) is 10.6 Å². The number of nitrogens with two attached hydrogens (primary N) is 1. The van der Waals surface area contributed by atoms with Gasteiger partial charge in [0.1, 0.15) is 5.82 Å². The van der Waals surface area contributed by atoms with Crippen molar-refractivity contribution in [3.05, 3.63) is 82.6 Å². The Hall–Kier alpha value is -2.41. The Labute approximate surface area is 154 Å². The first kappa shape index (κ1) is 18.9. The lowest BCUT2D eigenvalue weighted by molar-refractivity contribution is 0.0968. The largest absolute Gasteiger partial charge is 0.330 e. The Morgan fingerprint density at radius 1 is 1.20 bits per heavy atom. The molecule has 0 unspecified atom stereocenters. The van der Waals surface area contributed by atoms with Crippen molar-refractivity contribution in [2.24, 2.45) is 5.84 Å². The molecule has 2 aromatic carbocycles. The van der Waals surface area contributed by atoms with Gasteiger partial charge in [-0.2, -0.15) is 0 Å². The molecule has 25 heavy (non-hydrogen) atoms. The highest BCUT2D eigenvalue weighted by Crippen LogP contribution is 2.28. The van der Waals surface area contributed by atoms with Crippen LogP contribution in [0.15, 0.2) is 61.2 Å². The quantitative estimate of drug-likeness (QED) is 0.404. The minimum atomic E-state index is -0.484. The Balaban J connectivity index is 0.000000196. The smallest absolute Gasteiger partial charge is 0.185 e. The Morgan fingerprint density at radius 3 is 2.56 bits per heavy atom. The van der Waals surface area contributed by atoms with E-state index in [1.165, 1.54) is 18.5 Å². The first-order chi connectivity index (χ1) is 12.0. The van der Waals surface area contributed by atoms with Crippen molar-refractivity contribution in [2.45, 2.75) is 6.54 Å². The van der Waals surface area contributed by atoms with Crippen LogP contribution in [0, 0.1) is 5.82 Å². The molecule has 8 heteroatoms. The molecule has 5 nitrogen and oxygen atoms in total. The molecular formula is C17H15Cl2FN4O. The zero-order chi connectivity index (χ0) is 18.2. The number of nitrogens with one attached hydrogen (secondary N) is 1. The summed E-state index contributed by atoms with van der Waals surface area (Å²) in [6.45, 7) is 0.112. The number of aromatic nitrogens is 2. The summed E-state index contributed by atoms with van der Waals surface area (Å²) < 4.78 is 14.8. The average Bonchev–Trinajstić information content (AvgIpc) is 3.11. The van der Waals surface area contributed by atoms with Gasteiger partial charge in [0.05, 0.1) is 34.2 Å². The van der Waals surface area contributed by atoms with Crippen molar-refractivity contribution < 1.29 is 9.18 Å². The molecule has 0 saturated heterocycles. The van der Waals surface area contributed by atoms with Crippen LogP contribution in [0.3, 0.4) is 0 Å². The number of carbonyl (C=O) groups excluding carboxylic acids is 1. The van der Waals surface area contributed by atoms with E-state index in [1.54, 1.807) is 47.3 Å². The van der Waals surface area contributed by atoms with Gasteiger partial charge in [0, 0.05) is 12.4 Å². The summed E-state index contributed by atoms with van der Waals surface area (Å²) in [5.41, 5.74) is 3.17. The van der Waals surface area contributed by atoms with E-state index in [1.807, 2.05) is 0 Å². The number of imidazole rings is 1. The molecule has 0 atom stereocenters. The van der Waals surface area contributed by atoms with E-state index in [0.29, 0.717) is 15.7 Å². The van der Waals surface area contributed by atoms with Crippen LogP contribution in [0.2, 0.25) is 10.0 Å². The zero-order valence-corrected chi connectivity index (χ0v) is 14.5. The van der Waals surface area contributed by atoms with Gasteiger partial charge >= 0.3 is 0 Å². The van der Waals surface area contributed by atoms with E-state index in [4.69, 9.17) is 29.0 Å². The SMILES string of the molecule is NNc1cccc(Cl)c1Cl.O=C(Cn1ccnc1)c1ccccc1F. The number of nitrogen functional groups attached to an aromatic ring is 1. The van der Waals surface area contributed by atoms with E-state index in [9.17, 15) is 9.18 Å². The minimum absolute atomic E-state index is 0.112. The summed E-state index contributed by atoms with van der Waals surface area (Å²) in [5.74, 6) is 4.38. The first-order valence-corrected chi connectivity index (χ1v) is 7.92. The van der Waals surface area contributed by atoms with Crippen LogP contribution in [0.5, 0.6) is 0 Å². The maximum absolute atomic E-state index is 13.2. The summed E-state index contributed by atoms with van der Waals surface area (Å²) in [6, 6.07) is 11.2. The number of hydrogen-bond donors (Lipinski definition) is 2. The number of Topliss-reactive ketones (excluding diaryl/α,β-unsaturated/α-hetero) is 1. The molecule has 1 aromatic heterocycles. The van der Waals surface area contributed by atoms with Crippen LogP contribution >= 0.6 is 23.2 Å². The van der Waals surface area contributed by atoms with E-state index in [-0.39, 0.29) is 17.9 Å². The molecule has 0 amide bonds. The number of halogens is 3. The van der Waals surface area contributed by atoms with E-state index >= 15 is 0 Å². The molecule has 0 bridgehead atoms. The van der Waals surface area contributed by atoms with Crippen molar-refractivity contribution in [3.8, 4) is 0 Å². The second-order valence-electron chi connectivity index (χ2n) is 4.88. The molecule has 0 saturated carbocycles. The van der Waals surface area contributed by atoms with E-state index in [0.717, 1.165) is 0 Å². The number of anilines is 1. The topological polar surface area (TPSA) is 72.9 Å². The molecule has 0 radical (unpaired) electrons. The van der Waals surface area contributed by atoms with Crippen LogP contribution in [0.4, 0.5) is 10.1 Å². The van der Waals surface area contributed by atoms with Crippen LogP contribution < -0.4 is 11.3 Å². The van der Waals surface area contributed by atoms with E-state index < -0.39 is 5.82 Å². The molecular weight excluding hydrogens is 366 g/mol. The fourth-order valence-corrected chi connectivity index (χ4v) is 2.29. The van der Waals surface area contributed by atoms with Gasteiger partial charge < -0.3 is 9.99 Å². The molecule has 130 valence electrons. The van der Waals surface area contributed by atoms with Gasteiger partial charge in [-0.1, -0.05) is 41.4 Å². The van der Waals surface area contributed by atoms with Crippen molar-refractivity contribution in [2.75, 3.05) is 5.43 Å². The number of benzene rings is 2. The fraction of sp³-hybridized carbons (Fsp3) is 0.0588. The maximum atomic E-state index is 13.2. The van der Waals surface area contributed by atoms with Crippen LogP contribution in [0.1, 0.15) is 10.4 Å². The standard InChI is InChI=1S/C11H9FN2O.C6H6Cl2N2/c12-10-4-2-1-3-9(10)11(15)7-14-6-5-13-8-14;7-4-2-1-3-5(10-9)6(4)8/h1-6,8H,7H2;1-3,10H,9H2. The van der Waals surface area contributed by atoms with E-state index in [2.05, 4.69) is 10.4 Å². The molecule has 0 spiro atoms. The minimum Gasteiger partial charge on any atom is -0.330 e. The van der Waals surface area contributed by atoms with Gasteiger partial charge in [0.2, 0.25) is 0 Å². The third-order valence-corrected chi connectivity index (χ3v) is 3.99. The molecule has 1 heterocycles. The first-order valence-electron chi connectivity index (χ1n) is 7.17. The Morgan fingerprint density at radius 2 is 1.96 bits per heavy atom. The fourth-order valence-electron chi connectivity index (χ4n) is 1.93. The van der Waals surface area contributed by atoms with Crippen molar-refractivity contribution in [1.29, 1.82) is 0 Å². The van der Waals surface area contributed by atoms with Gasteiger partial charge in [-0.05, 0) is 24.3 Å². The number of ketones is 1. The van der Waals surface area contributed by atoms with Crippen molar-refractivity contribution in [1.82, 2.24) is 9.55 Å². The van der Waals surface area contributed by atoms with Crippen molar-refractivity contribution >= 4 is 34.7 Å². The molecule has 0 aliphatic carbocycles. The van der Waals surface area contributed by atoms with Crippen LogP contribution in [0.25, 0.3) is 0 Å². The number of rotatable bonds is 4. The van der Waals surface area contributed by atoms with Crippen molar-refractivity contribution in [3.63, 3.8) is 0 Å². The summed E-state index contributed by atoms with van der Waals surface area (Å²) in [5, 5.41) is 0.948. The Kier molecular flexibility index (Phi) is 6.94. The normalized spacial score (nSPS) is 9.92. The second kappa shape index (κ2) is 9.17. The maximum Gasteiger partial charge on any atom is 0.185 e. The molecule has 3 aromatic rings. The molecule has 3 rings (SSSR count). The third kappa shape index (κ3) is 5.29. The highest BCUT2D eigenvalue weighted by molar-refractivity contribution is 6.43. The third-order valence-electron chi connectivity index (χ3n) is 3.17. The summed E-state index contributed by atoms with van der Waals surface area (Å²) >= 11 is 11.4. The molecule has 0 aliphatic rings.